The number of nitrogens with zero attached hydrogens (tertiary/aromatic N) is 2. The van der Waals surface area contributed by atoms with Crippen molar-refractivity contribution >= 4 is 22.7 Å². The minimum Gasteiger partial charge on any atom is -0.497 e. The summed E-state index contributed by atoms with van der Waals surface area (Å²) in [7, 11) is 5.16. The van der Waals surface area contributed by atoms with E-state index in [1.165, 1.54) is 5.56 Å². The van der Waals surface area contributed by atoms with Crippen LogP contribution in [0.1, 0.15) is 39.3 Å². The van der Waals surface area contributed by atoms with Crippen molar-refractivity contribution in [3.05, 3.63) is 65.4 Å². The molecule has 1 fully saturated rings. The van der Waals surface area contributed by atoms with Crippen LogP contribution < -0.4 is 4.74 Å². The SMILES string of the molecule is COc1ccc2cc(C(=O)N3CCC(Cc4ccc(C(=O)N(C)C)cc4)CC3)[nH]c2c1. The van der Waals surface area contributed by atoms with Crippen LogP contribution in [0.2, 0.25) is 0 Å². The van der Waals surface area contributed by atoms with Crippen molar-refractivity contribution in [1.29, 1.82) is 0 Å². The Morgan fingerprint density at radius 1 is 1.06 bits per heavy atom. The van der Waals surface area contributed by atoms with Gasteiger partial charge in [-0.1, -0.05) is 12.1 Å². The van der Waals surface area contributed by atoms with E-state index >= 15 is 0 Å². The monoisotopic (exact) mass is 419 g/mol. The molecule has 1 N–H and O–H groups in total. The van der Waals surface area contributed by atoms with Crippen molar-refractivity contribution < 1.29 is 14.3 Å². The molecule has 31 heavy (non-hydrogen) atoms. The van der Waals surface area contributed by atoms with E-state index in [9.17, 15) is 9.59 Å². The van der Waals surface area contributed by atoms with E-state index in [0.717, 1.165) is 49.0 Å². The van der Waals surface area contributed by atoms with Gasteiger partial charge in [-0.25, -0.2) is 0 Å². The standard InChI is InChI=1S/C25H29N3O3/c1-27(2)24(29)19-6-4-17(5-7-19)14-18-10-12-28(13-11-18)25(30)23-15-20-8-9-21(31-3)16-22(20)26-23/h4-9,15-16,18,26H,10-14H2,1-3H3. The van der Waals surface area contributed by atoms with Gasteiger partial charge in [-0.15, -0.1) is 0 Å². The van der Waals surface area contributed by atoms with Gasteiger partial charge in [0.05, 0.1) is 7.11 Å². The third-order valence-electron chi connectivity index (χ3n) is 6.09. The first-order chi connectivity index (χ1) is 14.9. The maximum atomic E-state index is 13.0. The molecule has 6 heteroatoms. The Kier molecular flexibility index (Phi) is 5.98. The van der Waals surface area contributed by atoms with Crippen molar-refractivity contribution in [2.75, 3.05) is 34.3 Å². The number of methoxy groups -OCH3 is 1. The molecule has 2 heterocycles. The number of amides is 2. The Hall–Kier alpha value is -3.28. The summed E-state index contributed by atoms with van der Waals surface area (Å²) < 4.78 is 5.26. The Balaban J connectivity index is 1.34. The van der Waals surface area contributed by atoms with Gasteiger partial charge in [-0.05, 0) is 61.1 Å². The maximum Gasteiger partial charge on any atom is 0.270 e. The number of ether oxygens (including phenoxy) is 1. The molecule has 2 amide bonds. The fourth-order valence-electron chi connectivity index (χ4n) is 4.23. The van der Waals surface area contributed by atoms with E-state index in [1.54, 1.807) is 26.1 Å². The lowest BCUT2D eigenvalue weighted by molar-refractivity contribution is 0.0685. The van der Waals surface area contributed by atoms with Crippen molar-refractivity contribution in [2.45, 2.75) is 19.3 Å². The Morgan fingerprint density at radius 2 is 1.77 bits per heavy atom. The number of aromatic amines is 1. The summed E-state index contributed by atoms with van der Waals surface area (Å²) in [6.45, 7) is 1.53. The normalized spacial score (nSPS) is 14.6. The molecule has 162 valence electrons. The van der Waals surface area contributed by atoms with Crippen LogP contribution in [0.25, 0.3) is 10.9 Å². The Morgan fingerprint density at radius 3 is 2.42 bits per heavy atom. The highest BCUT2D eigenvalue weighted by molar-refractivity contribution is 5.98. The zero-order valence-corrected chi connectivity index (χ0v) is 18.4. The van der Waals surface area contributed by atoms with Crippen LogP contribution in [-0.2, 0) is 6.42 Å². The smallest absolute Gasteiger partial charge is 0.270 e. The molecule has 3 aromatic rings. The molecule has 1 aliphatic rings. The average Bonchev–Trinajstić information content (AvgIpc) is 3.22. The van der Waals surface area contributed by atoms with Gasteiger partial charge in [-0.2, -0.15) is 0 Å². The number of piperidine rings is 1. The highest BCUT2D eigenvalue weighted by Gasteiger charge is 2.25. The number of nitrogens with one attached hydrogen (secondary N) is 1. The molecule has 4 rings (SSSR count). The maximum absolute atomic E-state index is 13.0. The Labute approximate surface area is 182 Å². The van der Waals surface area contributed by atoms with E-state index in [4.69, 9.17) is 4.74 Å². The second-order valence-corrected chi connectivity index (χ2v) is 8.47. The fourth-order valence-corrected chi connectivity index (χ4v) is 4.23. The van der Waals surface area contributed by atoms with Crippen LogP contribution >= 0.6 is 0 Å². The molecule has 0 aliphatic carbocycles. The van der Waals surface area contributed by atoms with Crippen LogP contribution in [0.4, 0.5) is 0 Å². The summed E-state index contributed by atoms with van der Waals surface area (Å²) in [6.07, 6.45) is 2.95. The minimum absolute atomic E-state index is 0.0220. The predicted molar refractivity (Wildman–Crippen MR) is 122 cm³/mol. The van der Waals surface area contributed by atoms with Gasteiger partial charge in [0, 0.05) is 49.7 Å². The summed E-state index contributed by atoms with van der Waals surface area (Å²) >= 11 is 0. The topological polar surface area (TPSA) is 65.6 Å². The first-order valence-corrected chi connectivity index (χ1v) is 10.7. The van der Waals surface area contributed by atoms with Gasteiger partial charge in [0.15, 0.2) is 0 Å². The lowest BCUT2D eigenvalue weighted by Gasteiger charge is -2.32. The van der Waals surface area contributed by atoms with Gasteiger partial charge >= 0.3 is 0 Å². The third kappa shape index (κ3) is 4.58. The quantitative estimate of drug-likeness (QED) is 0.680. The predicted octanol–water partition coefficient (Wildman–Crippen LogP) is 3.97. The number of H-pyrrole nitrogens is 1. The van der Waals surface area contributed by atoms with Crippen LogP contribution in [0, 0.1) is 5.92 Å². The number of fused-ring (bicyclic) bond motifs is 1. The van der Waals surface area contributed by atoms with E-state index in [1.807, 2.05) is 53.4 Å². The molecule has 0 atom stereocenters. The average molecular weight is 420 g/mol. The van der Waals surface area contributed by atoms with Gasteiger partial charge in [0.1, 0.15) is 11.4 Å². The van der Waals surface area contributed by atoms with Crippen LogP contribution in [0.3, 0.4) is 0 Å². The lowest BCUT2D eigenvalue weighted by atomic mass is 9.90. The van der Waals surface area contributed by atoms with Gasteiger partial charge in [0.2, 0.25) is 0 Å². The molecule has 0 radical (unpaired) electrons. The van der Waals surface area contributed by atoms with E-state index in [-0.39, 0.29) is 11.8 Å². The second kappa shape index (κ2) is 8.84. The number of likely N-dealkylation sites (tertiary alicyclic amines) is 1. The third-order valence-corrected chi connectivity index (χ3v) is 6.09. The van der Waals surface area contributed by atoms with Gasteiger partial charge in [0.25, 0.3) is 11.8 Å². The highest BCUT2D eigenvalue weighted by atomic mass is 16.5. The summed E-state index contributed by atoms with van der Waals surface area (Å²) in [5.74, 6) is 1.40. The highest BCUT2D eigenvalue weighted by Crippen LogP contribution is 2.25. The number of rotatable bonds is 5. The van der Waals surface area contributed by atoms with Gasteiger partial charge < -0.3 is 19.5 Å². The van der Waals surface area contributed by atoms with Crippen molar-refractivity contribution in [2.24, 2.45) is 5.92 Å². The zero-order chi connectivity index (χ0) is 22.0. The summed E-state index contributed by atoms with van der Waals surface area (Å²) in [6, 6.07) is 15.6. The first-order valence-electron chi connectivity index (χ1n) is 10.7. The van der Waals surface area contributed by atoms with Gasteiger partial charge in [-0.3, -0.25) is 9.59 Å². The minimum atomic E-state index is 0.0220. The summed E-state index contributed by atoms with van der Waals surface area (Å²) in [4.78, 5) is 31.8. The number of carbonyl (C=O) groups excluding carboxylic acids is 2. The molecule has 0 saturated carbocycles. The Bertz CT molecular complexity index is 1080. The molecule has 2 aromatic carbocycles. The molecule has 0 bridgehead atoms. The number of hydrogen-bond donors (Lipinski definition) is 1. The lowest BCUT2D eigenvalue weighted by Crippen LogP contribution is -2.39. The van der Waals surface area contributed by atoms with Crippen LogP contribution in [-0.4, -0.2) is 60.9 Å². The number of carbonyl (C=O) groups is 2. The molecule has 0 spiro atoms. The fraction of sp³-hybridized carbons (Fsp3) is 0.360. The molecule has 1 aliphatic heterocycles. The summed E-state index contributed by atoms with van der Waals surface area (Å²) in [5.41, 5.74) is 3.49. The van der Waals surface area contributed by atoms with Crippen LogP contribution in [0.15, 0.2) is 48.5 Å². The molecular weight excluding hydrogens is 390 g/mol. The van der Waals surface area contributed by atoms with Crippen molar-refractivity contribution in [1.82, 2.24) is 14.8 Å². The number of hydrogen-bond acceptors (Lipinski definition) is 3. The first kappa shape index (κ1) is 21.0. The number of aromatic nitrogens is 1. The molecular formula is C25H29N3O3. The second-order valence-electron chi connectivity index (χ2n) is 8.47. The van der Waals surface area contributed by atoms with E-state index in [2.05, 4.69) is 4.98 Å². The number of benzene rings is 2. The molecule has 0 unspecified atom stereocenters. The largest absolute Gasteiger partial charge is 0.497 e. The molecule has 1 saturated heterocycles. The van der Waals surface area contributed by atoms with Crippen molar-refractivity contribution in [3.8, 4) is 5.75 Å². The molecule has 1 aromatic heterocycles. The van der Waals surface area contributed by atoms with E-state index < -0.39 is 0 Å². The van der Waals surface area contributed by atoms with Crippen molar-refractivity contribution in [3.63, 3.8) is 0 Å². The van der Waals surface area contributed by atoms with Crippen LogP contribution in [0.5, 0.6) is 5.75 Å². The molecule has 6 nitrogen and oxygen atoms in total. The summed E-state index contributed by atoms with van der Waals surface area (Å²) in [5, 5.41) is 1.01. The van der Waals surface area contributed by atoms with E-state index in [0.29, 0.717) is 17.2 Å². The zero-order valence-electron chi connectivity index (χ0n) is 18.4.